The number of amides is 2. The quantitative estimate of drug-likeness (QED) is 0.522. The summed E-state index contributed by atoms with van der Waals surface area (Å²) in [7, 11) is 1.98. The Hall–Kier alpha value is -2.82. The highest BCUT2D eigenvalue weighted by Crippen LogP contribution is 2.22. The van der Waals surface area contributed by atoms with Gasteiger partial charge in [0.2, 0.25) is 11.8 Å². The summed E-state index contributed by atoms with van der Waals surface area (Å²) >= 11 is 0. The molecule has 162 valence electrons. The summed E-state index contributed by atoms with van der Waals surface area (Å²) in [6.45, 7) is 11.6. The Morgan fingerprint density at radius 2 is 1.80 bits per heavy atom. The van der Waals surface area contributed by atoms with Crippen molar-refractivity contribution >= 4 is 11.8 Å². The van der Waals surface area contributed by atoms with E-state index in [-0.39, 0.29) is 24.3 Å². The van der Waals surface area contributed by atoms with E-state index in [1.807, 2.05) is 72.1 Å². The summed E-state index contributed by atoms with van der Waals surface area (Å²) in [6, 6.07) is 13.8. The second kappa shape index (κ2) is 11.4. The van der Waals surface area contributed by atoms with Crippen LogP contribution in [0.1, 0.15) is 44.4 Å². The second-order valence-electron chi connectivity index (χ2n) is 8.16. The maximum atomic E-state index is 13.3. The van der Waals surface area contributed by atoms with Crippen LogP contribution in [-0.2, 0) is 23.2 Å². The predicted molar refractivity (Wildman–Crippen MR) is 122 cm³/mol. The number of nitrogens with zero attached hydrogens (tertiary/aromatic N) is 3. The molecular formula is C25H35N3O2. The Labute approximate surface area is 181 Å². The monoisotopic (exact) mass is 409 g/mol. The van der Waals surface area contributed by atoms with E-state index in [9.17, 15) is 9.59 Å². The van der Waals surface area contributed by atoms with Crippen molar-refractivity contribution in [2.75, 3.05) is 19.6 Å². The standard InChI is InChI=1S/C25H35N3O2/c1-6-15-27(25(30)23(7-2)21-12-9-8-10-13-21)19-24(29)28(17-20(3)4)18-22-14-11-16-26(22)5/h6,8-14,16,20,23H,1,7,15,17-19H2,2-5H3/t23-/m1/s1. The van der Waals surface area contributed by atoms with Crippen molar-refractivity contribution in [1.82, 2.24) is 14.4 Å². The maximum absolute atomic E-state index is 13.3. The van der Waals surface area contributed by atoms with Gasteiger partial charge in [0, 0.05) is 32.0 Å². The molecule has 0 aliphatic carbocycles. The molecule has 0 saturated heterocycles. The fraction of sp³-hybridized carbons (Fsp3) is 0.440. The molecule has 1 atom stereocenters. The normalized spacial score (nSPS) is 11.9. The second-order valence-corrected chi connectivity index (χ2v) is 8.16. The van der Waals surface area contributed by atoms with E-state index < -0.39 is 0 Å². The van der Waals surface area contributed by atoms with Gasteiger partial charge < -0.3 is 14.4 Å². The molecule has 2 amide bonds. The van der Waals surface area contributed by atoms with Gasteiger partial charge in [-0.2, -0.15) is 0 Å². The van der Waals surface area contributed by atoms with Gasteiger partial charge >= 0.3 is 0 Å². The summed E-state index contributed by atoms with van der Waals surface area (Å²) in [6.07, 6.45) is 4.35. The lowest BCUT2D eigenvalue weighted by Crippen LogP contribution is -2.45. The minimum Gasteiger partial charge on any atom is -0.353 e. The third kappa shape index (κ3) is 6.34. The zero-order valence-electron chi connectivity index (χ0n) is 18.8. The largest absolute Gasteiger partial charge is 0.353 e. The van der Waals surface area contributed by atoms with E-state index >= 15 is 0 Å². The van der Waals surface area contributed by atoms with Crippen LogP contribution in [0, 0.1) is 5.92 Å². The number of aromatic nitrogens is 1. The number of hydrogen-bond acceptors (Lipinski definition) is 2. The Morgan fingerprint density at radius 3 is 2.33 bits per heavy atom. The molecule has 0 fully saturated rings. The smallest absolute Gasteiger partial charge is 0.242 e. The van der Waals surface area contributed by atoms with Gasteiger partial charge in [-0.15, -0.1) is 6.58 Å². The van der Waals surface area contributed by atoms with Gasteiger partial charge in [0.15, 0.2) is 0 Å². The van der Waals surface area contributed by atoms with Crippen molar-refractivity contribution in [3.05, 3.63) is 72.6 Å². The molecule has 0 bridgehead atoms. The third-order valence-electron chi connectivity index (χ3n) is 5.24. The SMILES string of the molecule is C=CCN(CC(=O)N(Cc1cccn1C)CC(C)C)C(=O)[C@H](CC)c1ccccc1. The van der Waals surface area contributed by atoms with Gasteiger partial charge in [0.25, 0.3) is 0 Å². The molecule has 0 aliphatic rings. The van der Waals surface area contributed by atoms with Crippen LogP contribution in [0.3, 0.4) is 0 Å². The van der Waals surface area contributed by atoms with Crippen LogP contribution >= 0.6 is 0 Å². The molecule has 0 radical (unpaired) electrons. The van der Waals surface area contributed by atoms with Gasteiger partial charge in [-0.3, -0.25) is 9.59 Å². The first-order chi connectivity index (χ1) is 14.4. The van der Waals surface area contributed by atoms with E-state index in [0.717, 1.165) is 11.3 Å². The summed E-state index contributed by atoms with van der Waals surface area (Å²) in [5, 5.41) is 0. The third-order valence-corrected chi connectivity index (χ3v) is 5.24. The highest BCUT2D eigenvalue weighted by molar-refractivity contribution is 5.88. The summed E-state index contributed by atoms with van der Waals surface area (Å²) < 4.78 is 2.02. The number of aryl methyl sites for hydroxylation is 1. The first kappa shape index (κ1) is 23.5. The van der Waals surface area contributed by atoms with E-state index in [1.54, 1.807) is 11.0 Å². The first-order valence-corrected chi connectivity index (χ1v) is 10.7. The van der Waals surface area contributed by atoms with Gasteiger partial charge in [0.1, 0.15) is 6.54 Å². The maximum Gasteiger partial charge on any atom is 0.242 e. The van der Waals surface area contributed by atoms with Crippen molar-refractivity contribution < 1.29 is 9.59 Å². The Bertz CT molecular complexity index is 826. The number of rotatable bonds is 11. The zero-order chi connectivity index (χ0) is 22.1. The lowest BCUT2D eigenvalue weighted by molar-refractivity contribution is -0.141. The van der Waals surface area contributed by atoms with Crippen LogP contribution in [0.25, 0.3) is 0 Å². The first-order valence-electron chi connectivity index (χ1n) is 10.7. The average molecular weight is 410 g/mol. The predicted octanol–water partition coefficient (Wildman–Crippen LogP) is 4.22. The molecule has 5 heteroatoms. The molecule has 0 aliphatic heterocycles. The Balaban J connectivity index is 2.19. The Morgan fingerprint density at radius 1 is 1.10 bits per heavy atom. The number of carbonyl (C=O) groups excluding carboxylic acids is 2. The highest BCUT2D eigenvalue weighted by Gasteiger charge is 2.27. The number of carbonyl (C=O) groups is 2. The molecule has 0 N–H and O–H groups in total. The molecule has 0 saturated carbocycles. The lowest BCUT2D eigenvalue weighted by atomic mass is 9.95. The van der Waals surface area contributed by atoms with Crippen LogP contribution in [0.5, 0.6) is 0 Å². The molecular weight excluding hydrogens is 374 g/mol. The number of benzene rings is 1. The van der Waals surface area contributed by atoms with Gasteiger partial charge in [0.05, 0.1) is 12.5 Å². The molecule has 1 heterocycles. The van der Waals surface area contributed by atoms with E-state index in [4.69, 9.17) is 0 Å². The minimum atomic E-state index is -0.259. The molecule has 30 heavy (non-hydrogen) atoms. The van der Waals surface area contributed by atoms with Gasteiger partial charge in [-0.25, -0.2) is 0 Å². The molecule has 2 rings (SSSR count). The number of hydrogen-bond donors (Lipinski definition) is 0. The van der Waals surface area contributed by atoms with Crippen molar-refractivity contribution in [3.8, 4) is 0 Å². The summed E-state index contributed by atoms with van der Waals surface area (Å²) in [5.41, 5.74) is 2.05. The van der Waals surface area contributed by atoms with Crippen LogP contribution in [0.4, 0.5) is 0 Å². The molecule has 0 spiro atoms. The van der Waals surface area contributed by atoms with Crippen molar-refractivity contribution in [3.63, 3.8) is 0 Å². The van der Waals surface area contributed by atoms with E-state index in [2.05, 4.69) is 20.4 Å². The average Bonchev–Trinajstić information content (AvgIpc) is 3.12. The van der Waals surface area contributed by atoms with Crippen LogP contribution < -0.4 is 0 Å². The van der Waals surface area contributed by atoms with E-state index in [1.165, 1.54) is 0 Å². The zero-order valence-corrected chi connectivity index (χ0v) is 18.8. The van der Waals surface area contributed by atoms with Crippen molar-refractivity contribution in [2.24, 2.45) is 13.0 Å². The van der Waals surface area contributed by atoms with Gasteiger partial charge in [-0.05, 0) is 30.0 Å². The minimum absolute atomic E-state index is 0.0275. The van der Waals surface area contributed by atoms with Crippen molar-refractivity contribution in [2.45, 2.75) is 39.7 Å². The van der Waals surface area contributed by atoms with Crippen molar-refractivity contribution in [1.29, 1.82) is 0 Å². The van der Waals surface area contributed by atoms with Crippen LogP contribution in [0.2, 0.25) is 0 Å². The van der Waals surface area contributed by atoms with E-state index in [0.29, 0.717) is 32.0 Å². The fourth-order valence-corrected chi connectivity index (χ4v) is 3.66. The molecule has 5 nitrogen and oxygen atoms in total. The summed E-state index contributed by atoms with van der Waals surface area (Å²) in [5.74, 6) is 0.0131. The van der Waals surface area contributed by atoms with Crippen LogP contribution in [-0.4, -0.2) is 45.8 Å². The van der Waals surface area contributed by atoms with Crippen LogP contribution in [0.15, 0.2) is 61.3 Å². The Kier molecular flexibility index (Phi) is 8.90. The fourth-order valence-electron chi connectivity index (χ4n) is 3.66. The topological polar surface area (TPSA) is 45.6 Å². The van der Waals surface area contributed by atoms with Gasteiger partial charge in [-0.1, -0.05) is 57.2 Å². The molecule has 2 aromatic rings. The molecule has 0 unspecified atom stereocenters. The molecule has 1 aromatic carbocycles. The summed E-state index contributed by atoms with van der Waals surface area (Å²) in [4.78, 5) is 30.0. The lowest BCUT2D eigenvalue weighted by Gasteiger charge is -2.30. The highest BCUT2D eigenvalue weighted by atomic mass is 16.2. The molecule has 1 aromatic heterocycles.